The largest absolute Gasteiger partial charge is 0.488 e. The Labute approximate surface area is 226 Å². The van der Waals surface area contributed by atoms with Crippen LogP contribution >= 0.6 is 23.2 Å². The van der Waals surface area contributed by atoms with E-state index in [9.17, 15) is 14.7 Å². The van der Waals surface area contributed by atoms with Crippen LogP contribution in [0.5, 0.6) is 5.75 Å². The number of rotatable bonds is 5. The molecule has 0 unspecified atom stereocenters. The van der Waals surface area contributed by atoms with Gasteiger partial charge in [-0.15, -0.1) is 0 Å². The van der Waals surface area contributed by atoms with Gasteiger partial charge in [0.15, 0.2) is 0 Å². The van der Waals surface area contributed by atoms with Gasteiger partial charge in [0, 0.05) is 30.0 Å². The van der Waals surface area contributed by atoms with Crippen molar-refractivity contribution >= 4 is 40.1 Å². The number of fused-ring (bicyclic) bond motifs is 2. The molecule has 1 saturated heterocycles. The highest BCUT2D eigenvalue weighted by Crippen LogP contribution is 2.40. The topological polar surface area (TPSA) is 80.0 Å². The van der Waals surface area contributed by atoms with Gasteiger partial charge in [0.25, 0.3) is 0 Å². The van der Waals surface area contributed by atoms with Gasteiger partial charge in [0.1, 0.15) is 17.9 Å². The Bertz CT molecular complexity index is 1420. The predicted octanol–water partition coefficient (Wildman–Crippen LogP) is 5.99. The molecule has 1 aliphatic carbocycles. The molecule has 6 nitrogen and oxygen atoms in total. The Morgan fingerprint density at radius 2 is 1.95 bits per heavy atom. The first-order valence-electron chi connectivity index (χ1n) is 12.8. The van der Waals surface area contributed by atoms with Crippen molar-refractivity contribution in [2.45, 2.75) is 64.6 Å². The highest BCUT2D eigenvalue weighted by atomic mass is 35.5. The lowest BCUT2D eigenvalue weighted by atomic mass is 9.71. The average molecular weight is 544 g/mol. The summed E-state index contributed by atoms with van der Waals surface area (Å²) in [7, 11) is 0. The molecule has 1 aromatic heterocycles. The van der Waals surface area contributed by atoms with Crippen LogP contribution in [-0.2, 0) is 17.8 Å². The van der Waals surface area contributed by atoms with Gasteiger partial charge in [-0.3, -0.25) is 4.79 Å². The van der Waals surface area contributed by atoms with E-state index in [2.05, 4.69) is 0 Å². The summed E-state index contributed by atoms with van der Waals surface area (Å²) in [5, 5.41) is 12.7. The van der Waals surface area contributed by atoms with Crippen LogP contribution in [-0.4, -0.2) is 34.6 Å². The third-order valence-corrected chi connectivity index (χ3v) is 8.88. The number of aliphatic hydroxyl groups is 1. The van der Waals surface area contributed by atoms with E-state index in [0.29, 0.717) is 52.0 Å². The second-order valence-electron chi connectivity index (χ2n) is 10.4. The Hall–Kier alpha value is -2.54. The molecule has 2 atom stereocenters. The normalized spacial score (nSPS) is 21.6. The molecule has 0 spiro atoms. The van der Waals surface area contributed by atoms with E-state index in [0.717, 1.165) is 42.2 Å². The van der Waals surface area contributed by atoms with Crippen LogP contribution in [0.4, 0.5) is 0 Å². The van der Waals surface area contributed by atoms with Gasteiger partial charge in [-0.25, -0.2) is 4.79 Å². The molecule has 2 fully saturated rings. The minimum absolute atomic E-state index is 0.0100. The molecular weight excluding hydrogens is 513 g/mol. The van der Waals surface area contributed by atoms with Gasteiger partial charge < -0.3 is 19.2 Å². The number of piperidine rings is 1. The monoisotopic (exact) mass is 543 g/mol. The molecule has 2 aromatic carbocycles. The van der Waals surface area contributed by atoms with E-state index in [1.807, 2.05) is 32.0 Å². The van der Waals surface area contributed by atoms with Gasteiger partial charge in [-0.05, 0) is 68.5 Å². The molecule has 8 heteroatoms. The number of aryl methyl sites for hydroxylation is 2. The number of likely N-dealkylation sites (tertiary alicyclic amines) is 1. The minimum Gasteiger partial charge on any atom is -0.488 e. The zero-order valence-corrected chi connectivity index (χ0v) is 22.6. The van der Waals surface area contributed by atoms with Crippen molar-refractivity contribution in [2.75, 3.05) is 13.1 Å². The lowest BCUT2D eigenvalue weighted by Crippen LogP contribution is -2.55. The lowest BCUT2D eigenvalue weighted by Gasteiger charge is -2.47. The first kappa shape index (κ1) is 26.1. The smallest absolute Gasteiger partial charge is 0.340 e. The second kappa shape index (κ2) is 10.3. The van der Waals surface area contributed by atoms with Crippen molar-refractivity contribution < 1.29 is 19.1 Å². The molecule has 37 heavy (non-hydrogen) atoms. The minimum atomic E-state index is -0.649. The molecule has 3 aromatic rings. The van der Waals surface area contributed by atoms with Crippen molar-refractivity contribution in [2.24, 2.45) is 5.92 Å². The summed E-state index contributed by atoms with van der Waals surface area (Å²) >= 11 is 12.1. The zero-order valence-electron chi connectivity index (χ0n) is 21.1. The molecule has 5 rings (SSSR count). The summed E-state index contributed by atoms with van der Waals surface area (Å²) in [6, 6.07) is 9.03. The van der Waals surface area contributed by atoms with Crippen molar-refractivity contribution in [3.8, 4) is 5.75 Å². The SMILES string of the molecule is Cc1c(CC(=O)N2CC[C@@]3(O)CCCC[C@@H]3C2)c(=O)oc2c(C)c(OCc3ccc(Cl)c(Cl)c3)ccc12. The van der Waals surface area contributed by atoms with Gasteiger partial charge >= 0.3 is 5.63 Å². The maximum Gasteiger partial charge on any atom is 0.340 e. The quantitative estimate of drug-likeness (QED) is 0.399. The molecule has 196 valence electrons. The number of nitrogens with zero attached hydrogens (tertiary/aromatic N) is 1. The molecule has 1 N–H and O–H groups in total. The number of amides is 1. The van der Waals surface area contributed by atoms with E-state index in [1.165, 1.54) is 0 Å². The van der Waals surface area contributed by atoms with Crippen LogP contribution in [0.25, 0.3) is 11.0 Å². The fourth-order valence-electron chi connectivity index (χ4n) is 5.78. The third-order valence-electron chi connectivity index (χ3n) is 8.14. The van der Waals surface area contributed by atoms with Gasteiger partial charge in [0.05, 0.1) is 27.6 Å². The summed E-state index contributed by atoms with van der Waals surface area (Å²) < 4.78 is 11.7. The lowest BCUT2D eigenvalue weighted by molar-refractivity contribution is -0.142. The molecule has 1 aliphatic heterocycles. The Kier molecular flexibility index (Phi) is 7.27. The molecular formula is C29H31Cl2NO5. The van der Waals surface area contributed by atoms with Crippen molar-refractivity contribution in [3.05, 3.63) is 73.1 Å². The third kappa shape index (κ3) is 5.12. The first-order chi connectivity index (χ1) is 17.7. The number of benzene rings is 2. The summed E-state index contributed by atoms with van der Waals surface area (Å²) in [5.74, 6) is 0.608. The van der Waals surface area contributed by atoms with E-state index >= 15 is 0 Å². The van der Waals surface area contributed by atoms with E-state index in [4.69, 9.17) is 32.4 Å². The molecule has 0 bridgehead atoms. The van der Waals surface area contributed by atoms with Crippen molar-refractivity contribution in [3.63, 3.8) is 0 Å². The fraction of sp³-hybridized carbons (Fsp3) is 0.448. The molecule has 2 aliphatic rings. The van der Waals surface area contributed by atoms with Crippen molar-refractivity contribution in [1.82, 2.24) is 4.90 Å². The molecule has 1 amide bonds. The van der Waals surface area contributed by atoms with Crippen LogP contribution in [0, 0.1) is 19.8 Å². The number of carbonyl (C=O) groups excluding carboxylic acids is 1. The van der Waals surface area contributed by atoms with Gasteiger partial charge in [-0.1, -0.05) is 42.1 Å². The summed E-state index contributed by atoms with van der Waals surface area (Å²) in [5.41, 5.74) is 2.00. The van der Waals surface area contributed by atoms with Crippen molar-refractivity contribution in [1.29, 1.82) is 0 Å². The second-order valence-corrected chi connectivity index (χ2v) is 11.2. The summed E-state index contributed by atoms with van der Waals surface area (Å²) in [6.45, 7) is 5.05. The van der Waals surface area contributed by atoms with Crippen LogP contribution < -0.4 is 10.4 Å². The Balaban J connectivity index is 1.34. The Morgan fingerprint density at radius 1 is 1.14 bits per heavy atom. The number of hydrogen-bond acceptors (Lipinski definition) is 5. The molecule has 0 radical (unpaired) electrons. The first-order valence-corrected chi connectivity index (χ1v) is 13.5. The number of ether oxygens (including phenoxy) is 1. The van der Waals surface area contributed by atoms with Crippen LogP contribution in [0.1, 0.15) is 54.4 Å². The standard InChI is InChI=1S/C29H31Cl2NO5/c1-17-21-7-9-25(36-16-19-6-8-23(30)24(31)13-19)18(2)27(21)37-28(34)22(17)14-26(33)32-12-11-29(35)10-4-3-5-20(29)15-32/h6-9,13,20,35H,3-5,10-12,14-16H2,1-2H3/t20-,29+/m1/s1. The number of halogens is 2. The van der Waals surface area contributed by atoms with Gasteiger partial charge in [-0.2, -0.15) is 0 Å². The average Bonchev–Trinajstić information content (AvgIpc) is 2.87. The summed E-state index contributed by atoms with van der Waals surface area (Å²) in [4.78, 5) is 28.0. The fourth-order valence-corrected chi connectivity index (χ4v) is 6.10. The van der Waals surface area contributed by atoms with Crippen LogP contribution in [0.3, 0.4) is 0 Å². The number of hydrogen-bond donors (Lipinski definition) is 1. The van der Waals surface area contributed by atoms with Crippen LogP contribution in [0.2, 0.25) is 10.0 Å². The van der Waals surface area contributed by atoms with E-state index in [-0.39, 0.29) is 24.9 Å². The van der Waals surface area contributed by atoms with E-state index < -0.39 is 11.2 Å². The molecule has 2 heterocycles. The highest BCUT2D eigenvalue weighted by molar-refractivity contribution is 6.42. The van der Waals surface area contributed by atoms with E-state index in [1.54, 1.807) is 17.0 Å². The maximum absolute atomic E-state index is 13.2. The molecule has 1 saturated carbocycles. The number of carbonyl (C=O) groups is 1. The van der Waals surface area contributed by atoms with Gasteiger partial charge in [0.2, 0.25) is 5.91 Å². The summed E-state index contributed by atoms with van der Waals surface area (Å²) in [6.07, 6.45) is 4.46. The predicted molar refractivity (Wildman–Crippen MR) is 145 cm³/mol. The zero-order chi connectivity index (χ0) is 26.3. The highest BCUT2D eigenvalue weighted by Gasteiger charge is 2.43. The Morgan fingerprint density at radius 3 is 2.73 bits per heavy atom. The van der Waals surface area contributed by atoms with Crippen LogP contribution in [0.15, 0.2) is 39.5 Å². The maximum atomic E-state index is 13.2.